The van der Waals surface area contributed by atoms with Crippen molar-refractivity contribution in [2.75, 3.05) is 5.32 Å². The third-order valence-corrected chi connectivity index (χ3v) is 4.20. The van der Waals surface area contributed by atoms with Crippen molar-refractivity contribution in [3.63, 3.8) is 0 Å². The van der Waals surface area contributed by atoms with Crippen molar-refractivity contribution in [1.82, 2.24) is 39.7 Å². The molecule has 27 heavy (non-hydrogen) atoms. The van der Waals surface area contributed by atoms with Gasteiger partial charge in [-0.05, 0) is 17.7 Å². The van der Waals surface area contributed by atoms with Gasteiger partial charge in [-0.1, -0.05) is 23.4 Å². The number of benzene rings is 1. The van der Waals surface area contributed by atoms with Gasteiger partial charge in [0.15, 0.2) is 17.3 Å². The van der Waals surface area contributed by atoms with Gasteiger partial charge in [-0.2, -0.15) is 5.10 Å². The number of aromatic nitrogens is 8. The maximum atomic E-state index is 4.60. The molecule has 0 spiro atoms. The summed E-state index contributed by atoms with van der Waals surface area (Å²) in [6.07, 6.45) is 5.27. The molecular formula is C18H15N9. The molecule has 1 N–H and O–H groups in total. The molecule has 0 aliphatic rings. The van der Waals surface area contributed by atoms with Gasteiger partial charge >= 0.3 is 0 Å². The fraction of sp³-hybridized carbons (Fsp3) is 0.111. The number of nitrogens with zero attached hydrogens (tertiary/aromatic N) is 8. The molecule has 4 aromatic heterocycles. The van der Waals surface area contributed by atoms with Crippen LogP contribution in [0.15, 0.2) is 55.0 Å². The first kappa shape index (κ1) is 15.4. The molecule has 0 radical (unpaired) electrons. The topological polar surface area (TPSA) is 99.2 Å². The first-order valence-electron chi connectivity index (χ1n) is 8.41. The van der Waals surface area contributed by atoms with Crippen LogP contribution in [-0.2, 0) is 13.6 Å². The number of hydrogen-bond donors (Lipinski definition) is 1. The van der Waals surface area contributed by atoms with E-state index in [-0.39, 0.29) is 0 Å². The van der Waals surface area contributed by atoms with Gasteiger partial charge in [0.25, 0.3) is 0 Å². The number of pyridine rings is 1. The van der Waals surface area contributed by atoms with E-state index >= 15 is 0 Å². The zero-order valence-electron chi connectivity index (χ0n) is 14.5. The lowest BCUT2D eigenvalue weighted by Crippen LogP contribution is -2.04. The Morgan fingerprint density at radius 2 is 2.04 bits per heavy atom. The second kappa shape index (κ2) is 6.13. The molecule has 9 heteroatoms. The zero-order valence-corrected chi connectivity index (χ0v) is 14.5. The maximum Gasteiger partial charge on any atom is 0.221 e. The Morgan fingerprint density at radius 1 is 1.07 bits per heavy atom. The molecule has 5 aromatic rings. The molecule has 1 aromatic carbocycles. The average Bonchev–Trinajstić information content (AvgIpc) is 3.28. The van der Waals surface area contributed by atoms with Gasteiger partial charge in [-0.3, -0.25) is 9.67 Å². The van der Waals surface area contributed by atoms with E-state index in [1.54, 1.807) is 21.8 Å². The van der Waals surface area contributed by atoms with Crippen molar-refractivity contribution in [2.45, 2.75) is 6.54 Å². The third kappa shape index (κ3) is 2.95. The highest BCUT2D eigenvalue weighted by Crippen LogP contribution is 2.17. The summed E-state index contributed by atoms with van der Waals surface area (Å²) in [5, 5.41) is 16.8. The Bertz CT molecular complexity index is 1250. The van der Waals surface area contributed by atoms with Gasteiger partial charge < -0.3 is 5.32 Å². The van der Waals surface area contributed by atoms with Gasteiger partial charge in [0, 0.05) is 30.9 Å². The molecule has 0 aliphatic carbocycles. The first-order valence-corrected chi connectivity index (χ1v) is 8.41. The van der Waals surface area contributed by atoms with E-state index in [9.17, 15) is 0 Å². The summed E-state index contributed by atoms with van der Waals surface area (Å²) in [7, 11) is 1.86. The summed E-state index contributed by atoms with van der Waals surface area (Å²) in [4.78, 5) is 13.3. The highest BCUT2D eigenvalue weighted by Gasteiger charge is 2.10. The number of hydrogen-bond acceptors (Lipinski definition) is 7. The smallest absolute Gasteiger partial charge is 0.221 e. The zero-order chi connectivity index (χ0) is 18.2. The summed E-state index contributed by atoms with van der Waals surface area (Å²) in [5.74, 6) is 1.29. The number of anilines is 2. The number of nitrogens with one attached hydrogen (secondary N) is 1. The Hall–Kier alpha value is -3.88. The fourth-order valence-electron chi connectivity index (χ4n) is 2.92. The predicted molar refractivity (Wildman–Crippen MR) is 100 cm³/mol. The van der Waals surface area contributed by atoms with Crippen LogP contribution in [0, 0.1) is 0 Å². The fourth-order valence-corrected chi connectivity index (χ4v) is 2.92. The second-order valence-corrected chi connectivity index (χ2v) is 6.18. The minimum absolute atomic E-state index is 0.500. The summed E-state index contributed by atoms with van der Waals surface area (Å²) in [5.41, 5.74) is 3.12. The molecule has 0 unspecified atom stereocenters. The molecule has 0 bridgehead atoms. The molecule has 0 saturated carbocycles. The lowest BCUT2D eigenvalue weighted by Gasteiger charge is -2.05. The SMILES string of the molecule is Cn1ccc(Nc2cnc3nnn(Cc4ccc5cccnc5c4)c3n2)n1. The number of rotatable bonds is 4. The first-order chi connectivity index (χ1) is 13.2. The molecule has 0 saturated heterocycles. The maximum absolute atomic E-state index is 4.60. The van der Waals surface area contributed by atoms with E-state index in [4.69, 9.17) is 0 Å². The van der Waals surface area contributed by atoms with Gasteiger partial charge in [0.05, 0.1) is 18.3 Å². The molecule has 9 nitrogen and oxygen atoms in total. The normalized spacial score (nSPS) is 11.3. The number of fused-ring (bicyclic) bond motifs is 2. The Balaban J connectivity index is 1.47. The van der Waals surface area contributed by atoms with E-state index in [1.807, 2.05) is 37.5 Å². The monoisotopic (exact) mass is 357 g/mol. The lowest BCUT2D eigenvalue weighted by atomic mass is 10.1. The molecule has 0 fully saturated rings. The van der Waals surface area contributed by atoms with Crippen molar-refractivity contribution < 1.29 is 0 Å². The van der Waals surface area contributed by atoms with Crippen LogP contribution in [0.4, 0.5) is 11.6 Å². The highest BCUT2D eigenvalue weighted by molar-refractivity contribution is 5.79. The Labute approximate surface area is 153 Å². The second-order valence-electron chi connectivity index (χ2n) is 6.18. The predicted octanol–water partition coefficient (Wildman–Crippen LogP) is 2.29. The highest BCUT2D eigenvalue weighted by atomic mass is 15.5. The van der Waals surface area contributed by atoms with Crippen molar-refractivity contribution >= 4 is 33.8 Å². The Kier molecular flexibility index (Phi) is 3.49. The van der Waals surface area contributed by atoms with Crippen LogP contribution in [0.25, 0.3) is 22.2 Å². The summed E-state index contributed by atoms with van der Waals surface area (Å²) in [6, 6.07) is 12.0. The molecule has 132 valence electrons. The van der Waals surface area contributed by atoms with Crippen molar-refractivity contribution in [2.24, 2.45) is 7.05 Å². The standard InChI is InChI=1S/C18H15N9/c1-26-8-6-15(24-26)21-16-10-20-17-18(22-16)27(25-23-17)11-12-4-5-13-3-2-7-19-14(13)9-12/h2-10H,11H2,1H3,(H,21,22,24). The quantitative estimate of drug-likeness (QED) is 0.527. The van der Waals surface area contributed by atoms with E-state index in [2.05, 4.69) is 47.8 Å². The van der Waals surface area contributed by atoms with E-state index < -0.39 is 0 Å². The minimum Gasteiger partial charge on any atom is -0.322 e. The summed E-state index contributed by atoms with van der Waals surface area (Å²) < 4.78 is 3.45. The van der Waals surface area contributed by atoms with Gasteiger partial charge in [0.1, 0.15) is 0 Å². The summed E-state index contributed by atoms with van der Waals surface area (Å²) in [6.45, 7) is 0.532. The van der Waals surface area contributed by atoms with Crippen LogP contribution in [-0.4, -0.2) is 39.7 Å². The molecule has 0 aliphatic heterocycles. The van der Waals surface area contributed by atoms with Crippen LogP contribution in [0.2, 0.25) is 0 Å². The van der Waals surface area contributed by atoms with Crippen molar-refractivity contribution in [3.8, 4) is 0 Å². The van der Waals surface area contributed by atoms with Crippen molar-refractivity contribution in [3.05, 3.63) is 60.6 Å². The van der Waals surface area contributed by atoms with Gasteiger partial charge in [-0.15, -0.1) is 5.10 Å². The number of aryl methyl sites for hydroxylation is 1. The average molecular weight is 357 g/mol. The molecule has 4 heterocycles. The van der Waals surface area contributed by atoms with Crippen molar-refractivity contribution in [1.29, 1.82) is 0 Å². The van der Waals surface area contributed by atoms with Crippen LogP contribution in [0.1, 0.15) is 5.56 Å². The van der Waals surface area contributed by atoms with Gasteiger partial charge in [0.2, 0.25) is 5.65 Å². The van der Waals surface area contributed by atoms with Gasteiger partial charge in [-0.25, -0.2) is 14.6 Å². The molecule has 0 amide bonds. The lowest BCUT2D eigenvalue weighted by molar-refractivity contribution is 0.664. The van der Waals surface area contributed by atoms with E-state index in [1.165, 1.54) is 0 Å². The molecule has 0 atom stereocenters. The van der Waals surface area contributed by atoms with Crippen LogP contribution in [0.5, 0.6) is 0 Å². The third-order valence-electron chi connectivity index (χ3n) is 4.20. The molecule has 5 rings (SSSR count). The Morgan fingerprint density at radius 3 is 2.93 bits per heavy atom. The van der Waals surface area contributed by atoms with Crippen LogP contribution in [0.3, 0.4) is 0 Å². The minimum atomic E-state index is 0.500. The summed E-state index contributed by atoms with van der Waals surface area (Å²) >= 11 is 0. The van der Waals surface area contributed by atoms with E-state index in [0.717, 1.165) is 16.5 Å². The molecular weight excluding hydrogens is 342 g/mol. The van der Waals surface area contributed by atoms with E-state index in [0.29, 0.717) is 29.5 Å². The van der Waals surface area contributed by atoms with Crippen LogP contribution < -0.4 is 5.32 Å². The van der Waals surface area contributed by atoms with Crippen LogP contribution >= 0.6 is 0 Å². The largest absolute Gasteiger partial charge is 0.322 e.